The highest BCUT2D eigenvalue weighted by Crippen LogP contribution is 2.31. The third-order valence-electron chi connectivity index (χ3n) is 4.96. The van der Waals surface area contributed by atoms with Gasteiger partial charge in [0.2, 0.25) is 0 Å². The van der Waals surface area contributed by atoms with Crippen molar-refractivity contribution >= 4 is 0 Å². The maximum Gasteiger partial charge on any atom is 0.0672 e. The number of piperidine rings is 1. The Morgan fingerprint density at radius 3 is 2.44 bits per heavy atom. The third-order valence-corrected chi connectivity index (χ3v) is 4.96. The molecule has 0 bridgehead atoms. The van der Waals surface area contributed by atoms with Crippen molar-refractivity contribution in [1.29, 1.82) is 5.26 Å². The van der Waals surface area contributed by atoms with Crippen LogP contribution < -0.4 is 0 Å². The van der Waals surface area contributed by atoms with Gasteiger partial charge in [-0.1, -0.05) is 39.0 Å². The normalized spacial score (nSPS) is 31.8. The van der Waals surface area contributed by atoms with Crippen molar-refractivity contribution in [3.8, 4) is 6.07 Å². The van der Waals surface area contributed by atoms with Crippen LogP contribution in [-0.4, -0.2) is 24.0 Å². The molecule has 0 N–H and O–H groups in total. The van der Waals surface area contributed by atoms with Crippen LogP contribution in [-0.2, 0) is 0 Å². The summed E-state index contributed by atoms with van der Waals surface area (Å²) >= 11 is 0. The Morgan fingerprint density at radius 1 is 1.06 bits per heavy atom. The summed E-state index contributed by atoms with van der Waals surface area (Å²) in [6.07, 6.45) is 11.8. The second kappa shape index (κ2) is 7.14. The molecule has 0 radical (unpaired) electrons. The van der Waals surface area contributed by atoms with Crippen LogP contribution in [0.25, 0.3) is 0 Å². The van der Waals surface area contributed by atoms with Gasteiger partial charge in [-0.3, -0.25) is 4.90 Å². The number of rotatable bonds is 3. The fraction of sp³-hybridized carbons (Fsp3) is 0.938. The molecule has 2 heteroatoms. The predicted molar refractivity (Wildman–Crippen MR) is 75.2 cm³/mol. The molecule has 0 aromatic rings. The fourth-order valence-electron chi connectivity index (χ4n) is 3.86. The van der Waals surface area contributed by atoms with Gasteiger partial charge in [-0.05, 0) is 44.7 Å². The molecule has 102 valence electrons. The van der Waals surface area contributed by atoms with Crippen LogP contribution in [0.4, 0.5) is 0 Å². The summed E-state index contributed by atoms with van der Waals surface area (Å²) in [4.78, 5) is 2.64. The second-order valence-corrected chi connectivity index (χ2v) is 6.21. The van der Waals surface area contributed by atoms with Crippen molar-refractivity contribution in [2.75, 3.05) is 13.1 Å². The molecular formula is C16H28N2. The Morgan fingerprint density at radius 2 is 1.78 bits per heavy atom. The lowest BCUT2D eigenvalue weighted by Gasteiger charge is -2.39. The minimum atomic E-state index is 0.301. The molecule has 0 aromatic heterocycles. The van der Waals surface area contributed by atoms with E-state index in [2.05, 4.69) is 17.9 Å². The topological polar surface area (TPSA) is 27.0 Å². The Hall–Kier alpha value is -0.550. The highest BCUT2D eigenvalue weighted by Gasteiger charge is 2.31. The summed E-state index contributed by atoms with van der Waals surface area (Å²) in [7, 11) is 0. The average Bonchev–Trinajstić information content (AvgIpc) is 2.65. The van der Waals surface area contributed by atoms with Crippen LogP contribution in [0.15, 0.2) is 0 Å². The molecular weight excluding hydrogens is 220 g/mol. The molecule has 1 saturated heterocycles. The summed E-state index contributed by atoms with van der Waals surface area (Å²) in [6.45, 7) is 4.78. The summed E-state index contributed by atoms with van der Waals surface area (Å²) in [5.41, 5.74) is 0. The lowest BCUT2D eigenvalue weighted by molar-refractivity contribution is 0.101. The molecule has 2 nitrogen and oxygen atoms in total. The van der Waals surface area contributed by atoms with Crippen LogP contribution >= 0.6 is 0 Å². The summed E-state index contributed by atoms with van der Waals surface area (Å²) in [6, 6.07) is 3.16. The quantitative estimate of drug-likeness (QED) is 0.707. The molecule has 2 aliphatic rings. The minimum absolute atomic E-state index is 0.301. The van der Waals surface area contributed by atoms with E-state index in [0.29, 0.717) is 12.0 Å². The predicted octanol–water partition coefficient (Wildman–Crippen LogP) is 3.97. The van der Waals surface area contributed by atoms with Gasteiger partial charge in [0.1, 0.15) is 0 Å². The minimum Gasteiger partial charge on any atom is -0.299 e. The van der Waals surface area contributed by atoms with E-state index in [9.17, 15) is 5.26 Å². The van der Waals surface area contributed by atoms with Gasteiger partial charge in [0, 0.05) is 6.04 Å². The van der Waals surface area contributed by atoms with Gasteiger partial charge in [0.25, 0.3) is 0 Å². The smallest absolute Gasteiger partial charge is 0.0672 e. The Bertz CT molecular complexity index is 273. The first-order chi connectivity index (χ1) is 8.85. The molecule has 0 aromatic carbocycles. The van der Waals surface area contributed by atoms with Crippen molar-refractivity contribution in [2.24, 2.45) is 11.8 Å². The van der Waals surface area contributed by atoms with E-state index in [1.807, 2.05) is 0 Å². The molecule has 1 saturated carbocycles. The molecule has 2 unspecified atom stereocenters. The number of nitriles is 1. The van der Waals surface area contributed by atoms with Crippen molar-refractivity contribution in [3.05, 3.63) is 0 Å². The van der Waals surface area contributed by atoms with Gasteiger partial charge >= 0.3 is 0 Å². The summed E-state index contributed by atoms with van der Waals surface area (Å²) in [5, 5.41) is 9.38. The third kappa shape index (κ3) is 3.48. The zero-order chi connectivity index (χ0) is 12.8. The Labute approximate surface area is 112 Å². The number of likely N-dealkylation sites (tertiary alicyclic amines) is 1. The molecule has 0 spiro atoms. The molecule has 2 fully saturated rings. The van der Waals surface area contributed by atoms with Crippen LogP contribution in [0.3, 0.4) is 0 Å². The lowest BCUT2D eigenvalue weighted by Crippen LogP contribution is -2.44. The van der Waals surface area contributed by atoms with Gasteiger partial charge in [0.15, 0.2) is 0 Å². The maximum absolute atomic E-state index is 9.38. The van der Waals surface area contributed by atoms with E-state index < -0.39 is 0 Å². The highest BCUT2D eigenvalue weighted by atomic mass is 15.2. The summed E-state index contributed by atoms with van der Waals surface area (Å²) < 4.78 is 0. The van der Waals surface area contributed by atoms with Crippen LogP contribution in [0, 0.1) is 23.2 Å². The molecule has 1 aliphatic heterocycles. The number of hydrogen-bond acceptors (Lipinski definition) is 2. The largest absolute Gasteiger partial charge is 0.299 e. The van der Waals surface area contributed by atoms with Crippen LogP contribution in [0.2, 0.25) is 0 Å². The number of hydrogen-bond donors (Lipinski definition) is 0. The molecule has 2 atom stereocenters. The van der Waals surface area contributed by atoms with Crippen LogP contribution in [0.1, 0.15) is 64.7 Å². The first-order valence-corrected chi connectivity index (χ1v) is 7.98. The monoisotopic (exact) mass is 248 g/mol. The molecule has 18 heavy (non-hydrogen) atoms. The molecule has 1 aliphatic carbocycles. The van der Waals surface area contributed by atoms with Crippen molar-refractivity contribution in [1.82, 2.24) is 4.90 Å². The van der Waals surface area contributed by atoms with Gasteiger partial charge in [-0.25, -0.2) is 0 Å². The van der Waals surface area contributed by atoms with E-state index in [4.69, 9.17) is 0 Å². The Balaban J connectivity index is 1.88. The van der Waals surface area contributed by atoms with Gasteiger partial charge < -0.3 is 0 Å². The lowest BCUT2D eigenvalue weighted by atomic mass is 9.88. The standard InChI is InChI=1S/C16H28N2/c1-2-6-14-9-11-18(12-10-14)16-8-5-3-4-7-15(16)13-17/h14-16H,2-12H2,1H3. The van der Waals surface area contributed by atoms with Gasteiger partial charge in [-0.2, -0.15) is 5.26 Å². The molecule has 2 rings (SSSR count). The first-order valence-electron chi connectivity index (χ1n) is 7.98. The van der Waals surface area contributed by atoms with Crippen molar-refractivity contribution in [2.45, 2.75) is 70.8 Å². The molecule has 0 amide bonds. The van der Waals surface area contributed by atoms with Crippen LogP contribution in [0.5, 0.6) is 0 Å². The summed E-state index contributed by atoms with van der Waals surface area (Å²) in [5.74, 6) is 1.26. The van der Waals surface area contributed by atoms with Gasteiger partial charge in [-0.15, -0.1) is 0 Å². The SMILES string of the molecule is CCCC1CCN(C2CCCCCC2C#N)CC1. The van der Waals surface area contributed by atoms with E-state index in [1.54, 1.807) is 0 Å². The first kappa shape index (κ1) is 13.9. The van der Waals surface area contributed by atoms with Crippen molar-refractivity contribution < 1.29 is 0 Å². The zero-order valence-electron chi connectivity index (χ0n) is 11.9. The maximum atomic E-state index is 9.38. The van der Waals surface area contributed by atoms with E-state index in [1.165, 1.54) is 64.5 Å². The van der Waals surface area contributed by atoms with E-state index >= 15 is 0 Å². The molecule has 1 heterocycles. The number of nitrogens with zero attached hydrogens (tertiary/aromatic N) is 2. The van der Waals surface area contributed by atoms with Gasteiger partial charge in [0.05, 0.1) is 12.0 Å². The zero-order valence-corrected chi connectivity index (χ0v) is 11.9. The Kier molecular flexibility index (Phi) is 5.50. The fourth-order valence-corrected chi connectivity index (χ4v) is 3.86. The van der Waals surface area contributed by atoms with E-state index in [-0.39, 0.29) is 0 Å². The van der Waals surface area contributed by atoms with Crippen molar-refractivity contribution in [3.63, 3.8) is 0 Å². The second-order valence-electron chi connectivity index (χ2n) is 6.21. The highest BCUT2D eigenvalue weighted by molar-refractivity contribution is 4.95. The average molecular weight is 248 g/mol. The van der Waals surface area contributed by atoms with E-state index in [0.717, 1.165) is 12.3 Å².